The van der Waals surface area contributed by atoms with Crippen LogP contribution in [0.5, 0.6) is 0 Å². The minimum absolute atomic E-state index is 0.00863. The van der Waals surface area contributed by atoms with Crippen molar-refractivity contribution in [1.29, 1.82) is 0 Å². The number of piperidine rings is 1. The van der Waals surface area contributed by atoms with Crippen molar-refractivity contribution in [3.63, 3.8) is 0 Å². The van der Waals surface area contributed by atoms with Crippen LogP contribution in [-0.2, 0) is 9.59 Å². The largest absolute Gasteiger partial charge is 0.352 e. The molecule has 1 aromatic rings. The predicted molar refractivity (Wildman–Crippen MR) is 128 cm³/mol. The van der Waals surface area contributed by atoms with Crippen LogP contribution in [0.4, 0.5) is 0 Å². The summed E-state index contributed by atoms with van der Waals surface area (Å²) in [7, 11) is 0. The van der Waals surface area contributed by atoms with Gasteiger partial charge < -0.3 is 15.5 Å². The number of carbonyl (C=O) groups excluding carboxylic acids is 3. The van der Waals surface area contributed by atoms with Crippen molar-refractivity contribution in [2.45, 2.75) is 79.8 Å². The Kier molecular flexibility index (Phi) is 8.88. The maximum absolute atomic E-state index is 13.2. The van der Waals surface area contributed by atoms with E-state index in [9.17, 15) is 14.4 Å². The van der Waals surface area contributed by atoms with Crippen molar-refractivity contribution < 1.29 is 14.4 Å². The number of rotatable bonds is 7. The molecule has 2 N–H and O–H groups in total. The number of hydrogen-bond acceptors (Lipinski definition) is 3. The summed E-state index contributed by atoms with van der Waals surface area (Å²) in [6.45, 7) is 15.5. The first kappa shape index (κ1) is 25.9. The molecule has 1 saturated heterocycles. The lowest BCUT2D eigenvalue weighted by atomic mass is 9.86. The summed E-state index contributed by atoms with van der Waals surface area (Å²) >= 11 is 0. The summed E-state index contributed by atoms with van der Waals surface area (Å²) in [5.74, 6) is 0.0592. The van der Waals surface area contributed by atoms with Gasteiger partial charge in [-0.05, 0) is 56.1 Å². The van der Waals surface area contributed by atoms with E-state index in [-0.39, 0.29) is 35.1 Å². The first-order valence-electron chi connectivity index (χ1n) is 11.8. The second kappa shape index (κ2) is 11.0. The minimum Gasteiger partial charge on any atom is -0.352 e. The van der Waals surface area contributed by atoms with Crippen LogP contribution in [0.1, 0.15) is 76.7 Å². The second-order valence-corrected chi connectivity index (χ2v) is 10.8. The maximum atomic E-state index is 13.2. The van der Waals surface area contributed by atoms with Gasteiger partial charge in [0, 0.05) is 31.1 Å². The highest BCUT2D eigenvalue weighted by molar-refractivity contribution is 5.97. The van der Waals surface area contributed by atoms with Crippen LogP contribution < -0.4 is 10.6 Å². The van der Waals surface area contributed by atoms with E-state index >= 15 is 0 Å². The molecule has 0 spiro atoms. The number of hydrogen-bond donors (Lipinski definition) is 2. The molecule has 32 heavy (non-hydrogen) atoms. The quantitative estimate of drug-likeness (QED) is 0.670. The summed E-state index contributed by atoms with van der Waals surface area (Å²) in [6, 6.07) is 6.77. The Morgan fingerprint density at radius 1 is 1.06 bits per heavy atom. The lowest BCUT2D eigenvalue weighted by Gasteiger charge is -2.37. The molecule has 6 nitrogen and oxygen atoms in total. The van der Waals surface area contributed by atoms with Gasteiger partial charge in [-0.3, -0.25) is 14.4 Å². The van der Waals surface area contributed by atoms with Gasteiger partial charge in [-0.2, -0.15) is 0 Å². The Balaban J connectivity index is 2.12. The predicted octanol–water partition coefficient (Wildman–Crippen LogP) is 3.93. The number of carbonyl (C=O) groups is 3. The molecule has 1 aliphatic rings. The topological polar surface area (TPSA) is 78.5 Å². The Morgan fingerprint density at radius 3 is 2.22 bits per heavy atom. The fraction of sp³-hybridized carbons (Fsp3) is 0.654. The van der Waals surface area contributed by atoms with E-state index in [1.54, 1.807) is 6.07 Å². The van der Waals surface area contributed by atoms with Crippen molar-refractivity contribution in [1.82, 2.24) is 15.5 Å². The van der Waals surface area contributed by atoms with Crippen LogP contribution in [0.3, 0.4) is 0 Å². The van der Waals surface area contributed by atoms with E-state index in [0.29, 0.717) is 43.8 Å². The molecule has 3 amide bonds. The Bertz CT molecular complexity index is 805. The van der Waals surface area contributed by atoms with Gasteiger partial charge in [0.25, 0.3) is 5.91 Å². The van der Waals surface area contributed by atoms with Gasteiger partial charge in [-0.15, -0.1) is 0 Å². The molecule has 178 valence electrons. The number of nitrogens with zero attached hydrogens (tertiary/aromatic N) is 1. The average Bonchev–Trinajstić information content (AvgIpc) is 2.70. The van der Waals surface area contributed by atoms with E-state index in [4.69, 9.17) is 0 Å². The van der Waals surface area contributed by atoms with Crippen LogP contribution in [0, 0.1) is 24.2 Å². The number of likely N-dealkylation sites (tertiary alicyclic amines) is 1. The SMILES string of the molecule is Cc1cccc(C(=O)N[C@@H](C(=O)N[C@H](C)C(C)C)C2CCN(C(=O)CC(C)(C)C)CC2)c1. The standard InChI is InChI=1S/C26H41N3O3/c1-17(2)19(4)27-25(32)23(28-24(31)21-10-8-9-18(3)15-21)20-11-13-29(14-12-20)22(30)16-26(5,6)7/h8-10,15,17,19-20,23H,11-14,16H2,1-7H3,(H,27,32)(H,28,31)/t19-,23-/m1/s1. The van der Waals surface area contributed by atoms with Gasteiger partial charge in [-0.25, -0.2) is 0 Å². The first-order chi connectivity index (χ1) is 14.9. The highest BCUT2D eigenvalue weighted by Gasteiger charge is 2.35. The van der Waals surface area contributed by atoms with Gasteiger partial charge in [0.2, 0.25) is 11.8 Å². The molecule has 1 fully saturated rings. The van der Waals surface area contributed by atoms with Crippen molar-refractivity contribution in [3.05, 3.63) is 35.4 Å². The molecule has 0 saturated carbocycles. The van der Waals surface area contributed by atoms with Crippen LogP contribution in [0.2, 0.25) is 0 Å². The fourth-order valence-corrected chi connectivity index (χ4v) is 3.94. The zero-order valence-electron chi connectivity index (χ0n) is 20.8. The Morgan fingerprint density at radius 2 is 1.69 bits per heavy atom. The third kappa shape index (κ3) is 7.64. The smallest absolute Gasteiger partial charge is 0.251 e. The van der Waals surface area contributed by atoms with E-state index < -0.39 is 6.04 Å². The lowest BCUT2D eigenvalue weighted by Crippen LogP contribution is -2.55. The normalized spacial score (nSPS) is 17.1. The summed E-state index contributed by atoms with van der Waals surface area (Å²) < 4.78 is 0. The molecule has 0 bridgehead atoms. The van der Waals surface area contributed by atoms with Crippen LogP contribution in [-0.4, -0.2) is 47.8 Å². The summed E-state index contributed by atoms with van der Waals surface area (Å²) in [4.78, 5) is 40.7. The number of aryl methyl sites for hydroxylation is 1. The van der Waals surface area contributed by atoms with E-state index in [1.807, 2.05) is 36.9 Å². The molecule has 0 aromatic heterocycles. The lowest BCUT2D eigenvalue weighted by molar-refractivity contribution is -0.134. The molecule has 0 aliphatic carbocycles. The minimum atomic E-state index is -0.621. The first-order valence-corrected chi connectivity index (χ1v) is 11.8. The molecule has 6 heteroatoms. The van der Waals surface area contributed by atoms with Gasteiger partial charge in [0.15, 0.2) is 0 Å². The van der Waals surface area contributed by atoms with Crippen LogP contribution >= 0.6 is 0 Å². The number of nitrogens with one attached hydrogen (secondary N) is 2. The summed E-state index contributed by atoms with van der Waals surface area (Å²) in [5.41, 5.74) is 1.50. The molecule has 1 heterocycles. The van der Waals surface area contributed by atoms with Gasteiger partial charge in [0.05, 0.1) is 0 Å². The number of amides is 3. The van der Waals surface area contributed by atoms with Gasteiger partial charge in [0.1, 0.15) is 6.04 Å². The highest BCUT2D eigenvalue weighted by atomic mass is 16.2. The molecular weight excluding hydrogens is 402 g/mol. The molecule has 0 radical (unpaired) electrons. The molecular formula is C26H41N3O3. The summed E-state index contributed by atoms with van der Waals surface area (Å²) in [6.07, 6.45) is 1.90. The highest BCUT2D eigenvalue weighted by Crippen LogP contribution is 2.25. The van der Waals surface area contributed by atoms with Crippen molar-refractivity contribution in [2.24, 2.45) is 17.3 Å². The Hall–Kier alpha value is -2.37. The third-order valence-electron chi connectivity index (χ3n) is 6.26. The molecule has 1 aliphatic heterocycles. The van der Waals surface area contributed by atoms with Gasteiger partial charge >= 0.3 is 0 Å². The number of benzene rings is 1. The molecule has 2 rings (SSSR count). The molecule has 2 atom stereocenters. The third-order valence-corrected chi connectivity index (χ3v) is 6.26. The maximum Gasteiger partial charge on any atom is 0.251 e. The average molecular weight is 444 g/mol. The van der Waals surface area contributed by atoms with Crippen LogP contribution in [0.25, 0.3) is 0 Å². The van der Waals surface area contributed by atoms with E-state index in [0.717, 1.165) is 5.56 Å². The fourth-order valence-electron chi connectivity index (χ4n) is 3.94. The zero-order valence-corrected chi connectivity index (χ0v) is 20.8. The summed E-state index contributed by atoms with van der Waals surface area (Å²) in [5, 5.41) is 6.08. The van der Waals surface area contributed by atoms with Crippen molar-refractivity contribution in [3.8, 4) is 0 Å². The molecule has 0 unspecified atom stereocenters. The van der Waals surface area contributed by atoms with Crippen molar-refractivity contribution in [2.75, 3.05) is 13.1 Å². The Labute approximate surface area is 193 Å². The second-order valence-electron chi connectivity index (χ2n) is 10.8. The monoisotopic (exact) mass is 443 g/mol. The molecule has 1 aromatic carbocycles. The van der Waals surface area contributed by atoms with E-state index in [1.165, 1.54) is 0 Å². The van der Waals surface area contributed by atoms with Gasteiger partial charge in [-0.1, -0.05) is 52.3 Å². The van der Waals surface area contributed by atoms with Crippen LogP contribution in [0.15, 0.2) is 24.3 Å². The zero-order chi connectivity index (χ0) is 24.1. The van der Waals surface area contributed by atoms with Crippen molar-refractivity contribution >= 4 is 17.7 Å². The van der Waals surface area contributed by atoms with E-state index in [2.05, 4.69) is 45.3 Å².